The van der Waals surface area contributed by atoms with E-state index >= 15 is 0 Å². The highest BCUT2D eigenvalue weighted by molar-refractivity contribution is 5.89. The van der Waals surface area contributed by atoms with Crippen molar-refractivity contribution in [2.45, 2.75) is 38.8 Å². The van der Waals surface area contributed by atoms with Crippen molar-refractivity contribution in [2.75, 3.05) is 6.54 Å². The molecule has 1 heterocycles. The standard InChI is InChI=1S/C16H20N2O2/c1-11-4-2-3-5-12(11)9-17-16(20)13-8-15(19)18(10-13)14-6-7-14/h2-5,13-14H,6-10H2,1H3,(H,17,20)/t13-/m0/s1. The third-order valence-corrected chi connectivity index (χ3v) is 4.23. The molecule has 3 rings (SSSR count). The molecular formula is C16H20N2O2. The molecule has 4 heteroatoms. The van der Waals surface area contributed by atoms with E-state index in [-0.39, 0.29) is 17.7 Å². The maximum atomic E-state index is 12.2. The van der Waals surface area contributed by atoms with Crippen LogP contribution in [-0.4, -0.2) is 29.3 Å². The molecule has 0 radical (unpaired) electrons. The quantitative estimate of drug-likeness (QED) is 0.905. The average Bonchev–Trinajstić information content (AvgIpc) is 3.20. The highest BCUT2D eigenvalue weighted by Gasteiger charge is 2.41. The van der Waals surface area contributed by atoms with Gasteiger partial charge in [0.05, 0.1) is 5.92 Å². The number of hydrogen-bond acceptors (Lipinski definition) is 2. The molecule has 0 aromatic heterocycles. The molecular weight excluding hydrogens is 252 g/mol. The van der Waals surface area contributed by atoms with Crippen LogP contribution in [0.25, 0.3) is 0 Å². The fourth-order valence-electron chi connectivity index (χ4n) is 2.78. The summed E-state index contributed by atoms with van der Waals surface area (Å²) in [5, 5.41) is 2.96. The Morgan fingerprint density at radius 2 is 2.10 bits per heavy atom. The number of carbonyl (C=O) groups is 2. The highest BCUT2D eigenvalue weighted by Crippen LogP contribution is 2.32. The zero-order valence-electron chi connectivity index (χ0n) is 11.8. The van der Waals surface area contributed by atoms with E-state index in [9.17, 15) is 9.59 Å². The predicted octanol–water partition coefficient (Wildman–Crippen LogP) is 1.62. The van der Waals surface area contributed by atoms with E-state index in [0.717, 1.165) is 18.4 Å². The molecule has 1 saturated carbocycles. The van der Waals surface area contributed by atoms with Gasteiger partial charge in [-0.25, -0.2) is 0 Å². The van der Waals surface area contributed by atoms with E-state index in [1.165, 1.54) is 5.56 Å². The fraction of sp³-hybridized carbons (Fsp3) is 0.500. The number of aryl methyl sites for hydroxylation is 1. The summed E-state index contributed by atoms with van der Waals surface area (Å²) in [7, 11) is 0. The van der Waals surface area contributed by atoms with Gasteiger partial charge in [0.2, 0.25) is 11.8 Å². The minimum atomic E-state index is -0.174. The van der Waals surface area contributed by atoms with Gasteiger partial charge in [-0.3, -0.25) is 9.59 Å². The Labute approximate surface area is 119 Å². The van der Waals surface area contributed by atoms with Crippen LogP contribution in [0, 0.1) is 12.8 Å². The fourth-order valence-corrected chi connectivity index (χ4v) is 2.78. The maximum absolute atomic E-state index is 12.2. The monoisotopic (exact) mass is 272 g/mol. The van der Waals surface area contributed by atoms with Crippen LogP contribution in [0.3, 0.4) is 0 Å². The largest absolute Gasteiger partial charge is 0.352 e. The van der Waals surface area contributed by atoms with Crippen molar-refractivity contribution in [3.8, 4) is 0 Å². The first-order valence-electron chi connectivity index (χ1n) is 7.27. The Hall–Kier alpha value is -1.84. The summed E-state index contributed by atoms with van der Waals surface area (Å²) in [5.41, 5.74) is 2.30. The number of amides is 2. The van der Waals surface area contributed by atoms with Gasteiger partial charge in [0.15, 0.2) is 0 Å². The zero-order chi connectivity index (χ0) is 14.1. The molecule has 1 aromatic carbocycles. The Kier molecular flexibility index (Phi) is 3.47. The summed E-state index contributed by atoms with van der Waals surface area (Å²) < 4.78 is 0. The average molecular weight is 272 g/mol. The summed E-state index contributed by atoms with van der Waals surface area (Å²) in [6, 6.07) is 8.43. The van der Waals surface area contributed by atoms with Crippen LogP contribution in [0.2, 0.25) is 0 Å². The van der Waals surface area contributed by atoms with Crippen molar-refractivity contribution in [2.24, 2.45) is 5.92 Å². The van der Waals surface area contributed by atoms with Gasteiger partial charge in [-0.2, -0.15) is 0 Å². The Balaban J connectivity index is 1.55. The molecule has 2 aliphatic rings. The number of nitrogens with zero attached hydrogens (tertiary/aromatic N) is 1. The molecule has 2 fully saturated rings. The third-order valence-electron chi connectivity index (χ3n) is 4.23. The lowest BCUT2D eigenvalue weighted by Gasteiger charge is -2.15. The van der Waals surface area contributed by atoms with Crippen LogP contribution < -0.4 is 5.32 Å². The molecule has 4 nitrogen and oxygen atoms in total. The molecule has 0 unspecified atom stereocenters. The second-order valence-corrected chi connectivity index (χ2v) is 5.82. The van der Waals surface area contributed by atoms with E-state index in [1.807, 2.05) is 36.1 Å². The molecule has 1 atom stereocenters. The number of likely N-dealkylation sites (tertiary alicyclic amines) is 1. The van der Waals surface area contributed by atoms with E-state index in [2.05, 4.69) is 5.32 Å². The number of rotatable bonds is 4. The summed E-state index contributed by atoms with van der Waals surface area (Å²) in [5.74, 6) is -0.0274. The zero-order valence-corrected chi connectivity index (χ0v) is 11.8. The van der Waals surface area contributed by atoms with Gasteiger partial charge in [-0.15, -0.1) is 0 Å². The van der Waals surface area contributed by atoms with Gasteiger partial charge in [-0.05, 0) is 30.9 Å². The molecule has 20 heavy (non-hydrogen) atoms. The van der Waals surface area contributed by atoms with Crippen LogP contribution in [0.1, 0.15) is 30.4 Å². The van der Waals surface area contributed by atoms with Crippen LogP contribution in [-0.2, 0) is 16.1 Å². The van der Waals surface area contributed by atoms with Gasteiger partial charge >= 0.3 is 0 Å². The normalized spacial score (nSPS) is 22.1. The molecule has 1 aliphatic heterocycles. The first-order valence-corrected chi connectivity index (χ1v) is 7.27. The van der Waals surface area contributed by atoms with E-state index in [4.69, 9.17) is 0 Å². The first kappa shape index (κ1) is 13.2. The van der Waals surface area contributed by atoms with E-state index in [0.29, 0.717) is 25.6 Å². The van der Waals surface area contributed by atoms with Gasteiger partial charge < -0.3 is 10.2 Å². The number of benzene rings is 1. The van der Waals surface area contributed by atoms with Crippen molar-refractivity contribution >= 4 is 11.8 Å². The van der Waals surface area contributed by atoms with Crippen molar-refractivity contribution in [1.29, 1.82) is 0 Å². The van der Waals surface area contributed by atoms with Crippen LogP contribution >= 0.6 is 0 Å². The molecule has 106 valence electrons. The molecule has 1 saturated heterocycles. The lowest BCUT2D eigenvalue weighted by Crippen LogP contribution is -2.33. The molecule has 1 aliphatic carbocycles. The van der Waals surface area contributed by atoms with Gasteiger partial charge in [-0.1, -0.05) is 24.3 Å². The van der Waals surface area contributed by atoms with Gasteiger partial charge in [0.1, 0.15) is 0 Å². The van der Waals surface area contributed by atoms with Gasteiger partial charge in [0, 0.05) is 25.6 Å². The maximum Gasteiger partial charge on any atom is 0.225 e. The predicted molar refractivity (Wildman–Crippen MR) is 75.9 cm³/mol. The molecule has 0 spiro atoms. The Bertz CT molecular complexity index is 537. The topological polar surface area (TPSA) is 49.4 Å². The Morgan fingerprint density at radius 1 is 1.35 bits per heavy atom. The van der Waals surface area contributed by atoms with Crippen molar-refractivity contribution in [3.05, 3.63) is 35.4 Å². The summed E-state index contributed by atoms with van der Waals surface area (Å²) in [6.45, 7) is 3.18. The van der Waals surface area contributed by atoms with Gasteiger partial charge in [0.25, 0.3) is 0 Å². The second kappa shape index (κ2) is 5.27. The minimum Gasteiger partial charge on any atom is -0.352 e. The first-order chi connectivity index (χ1) is 9.65. The number of nitrogens with one attached hydrogen (secondary N) is 1. The number of carbonyl (C=O) groups excluding carboxylic acids is 2. The highest BCUT2D eigenvalue weighted by atomic mass is 16.2. The molecule has 0 bridgehead atoms. The van der Waals surface area contributed by atoms with Crippen molar-refractivity contribution < 1.29 is 9.59 Å². The lowest BCUT2D eigenvalue weighted by atomic mass is 10.1. The number of hydrogen-bond donors (Lipinski definition) is 1. The van der Waals surface area contributed by atoms with E-state index in [1.54, 1.807) is 0 Å². The van der Waals surface area contributed by atoms with Crippen LogP contribution in [0.5, 0.6) is 0 Å². The SMILES string of the molecule is Cc1ccccc1CNC(=O)[C@H]1CC(=O)N(C2CC2)C1. The molecule has 1 aromatic rings. The lowest BCUT2D eigenvalue weighted by molar-refractivity contribution is -0.129. The summed E-state index contributed by atoms with van der Waals surface area (Å²) in [4.78, 5) is 25.9. The van der Waals surface area contributed by atoms with E-state index < -0.39 is 0 Å². The molecule has 1 N–H and O–H groups in total. The van der Waals surface area contributed by atoms with Crippen molar-refractivity contribution in [3.63, 3.8) is 0 Å². The van der Waals surface area contributed by atoms with Crippen molar-refractivity contribution in [1.82, 2.24) is 10.2 Å². The summed E-state index contributed by atoms with van der Waals surface area (Å²) >= 11 is 0. The summed E-state index contributed by atoms with van der Waals surface area (Å²) in [6.07, 6.45) is 2.57. The smallest absolute Gasteiger partial charge is 0.225 e. The minimum absolute atomic E-state index is 0.00440. The Morgan fingerprint density at radius 3 is 2.80 bits per heavy atom. The molecule has 2 amide bonds. The second-order valence-electron chi connectivity index (χ2n) is 5.82. The van der Waals surface area contributed by atoms with Crippen LogP contribution in [0.4, 0.5) is 0 Å². The third kappa shape index (κ3) is 2.69. The van der Waals surface area contributed by atoms with Crippen LogP contribution in [0.15, 0.2) is 24.3 Å².